The Balaban J connectivity index is 2.07. The monoisotopic (exact) mass is 587 g/mol. The first-order chi connectivity index (χ1) is 19.9. The van der Waals surface area contributed by atoms with E-state index in [1.807, 2.05) is 0 Å². The number of benzene rings is 2. The molecule has 1 fully saturated rings. The van der Waals surface area contributed by atoms with Crippen molar-refractivity contribution < 1.29 is 57.1 Å². The minimum atomic E-state index is -1.32. The zero-order valence-electron chi connectivity index (χ0n) is 24.0. The molecule has 2 aromatic rings. The van der Waals surface area contributed by atoms with Crippen LogP contribution in [0.25, 0.3) is 0 Å². The molecule has 1 heterocycles. The maximum absolute atomic E-state index is 12.2. The number of nitrogens with one attached hydrogen (secondary N) is 1. The standard InChI is InChI=1S/C29H33NO12/c1-15(31)37-14-24-26(38-16(2)32)28(40-18(4)34)27(39-17(3)33)25(42-24)20-9-12-22(36-6)23(13-20)41-21-10-7-19(8-11-21)29(35)30-5/h7-13,24-28H,14H2,1-6H3,(H,30,35)/t24-,25-,26-,27-,28-/m1/s1. The van der Waals surface area contributed by atoms with E-state index in [1.165, 1.54) is 28.0 Å². The number of carbonyl (C=O) groups is 5. The summed E-state index contributed by atoms with van der Waals surface area (Å²) >= 11 is 0. The van der Waals surface area contributed by atoms with Crippen LogP contribution in [0.2, 0.25) is 0 Å². The van der Waals surface area contributed by atoms with Crippen molar-refractivity contribution in [3.05, 3.63) is 53.6 Å². The molecular formula is C29H33NO12. The van der Waals surface area contributed by atoms with Crippen molar-refractivity contribution in [2.75, 3.05) is 20.8 Å². The minimum absolute atomic E-state index is 0.246. The number of hydrogen-bond acceptors (Lipinski definition) is 12. The lowest BCUT2D eigenvalue weighted by molar-refractivity contribution is -0.254. The van der Waals surface area contributed by atoms with Gasteiger partial charge in [-0.05, 0) is 42.0 Å². The minimum Gasteiger partial charge on any atom is -0.493 e. The van der Waals surface area contributed by atoms with E-state index >= 15 is 0 Å². The Kier molecular flexibility index (Phi) is 10.9. The molecule has 42 heavy (non-hydrogen) atoms. The number of hydrogen-bond donors (Lipinski definition) is 1. The van der Waals surface area contributed by atoms with Crippen LogP contribution in [0.3, 0.4) is 0 Å². The molecule has 1 saturated heterocycles. The van der Waals surface area contributed by atoms with Gasteiger partial charge in [-0.15, -0.1) is 0 Å². The molecule has 226 valence electrons. The summed E-state index contributed by atoms with van der Waals surface area (Å²) in [6.45, 7) is 4.30. The molecule has 0 aromatic heterocycles. The first-order valence-electron chi connectivity index (χ1n) is 12.9. The fraction of sp³-hybridized carbons (Fsp3) is 0.414. The van der Waals surface area contributed by atoms with Crippen molar-refractivity contribution in [1.29, 1.82) is 0 Å². The fourth-order valence-corrected chi connectivity index (χ4v) is 4.39. The van der Waals surface area contributed by atoms with Gasteiger partial charge in [0.25, 0.3) is 5.91 Å². The molecule has 3 rings (SSSR count). The molecule has 1 amide bonds. The molecule has 5 atom stereocenters. The number of carbonyl (C=O) groups excluding carboxylic acids is 5. The molecule has 2 aromatic carbocycles. The molecule has 0 spiro atoms. The highest BCUT2D eigenvalue weighted by Gasteiger charge is 2.52. The van der Waals surface area contributed by atoms with Crippen LogP contribution >= 0.6 is 0 Å². The van der Waals surface area contributed by atoms with Crippen LogP contribution < -0.4 is 14.8 Å². The zero-order chi connectivity index (χ0) is 31.0. The van der Waals surface area contributed by atoms with Gasteiger partial charge in [-0.1, -0.05) is 6.07 Å². The lowest BCUT2D eigenvalue weighted by Crippen LogP contribution is -2.59. The third-order valence-electron chi connectivity index (χ3n) is 6.08. The smallest absolute Gasteiger partial charge is 0.303 e. The van der Waals surface area contributed by atoms with Crippen molar-refractivity contribution in [2.45, 2.75) is 58.2 Å². The van der Waals surface area contributed by atoms with Crippen molar-refractivity contribution in [2.24, 2.45) is 0 Å². The Morgan fingerprint density at radius 1 is 0.762 bits per heavy atom. The molecule has 0 bridgehead atoms. The molecule has 0 aliphatic carbocycles. The highest BCUT2D eigenvalue weighted by Crippen LogP contribution is 2.41. The molecule has 13 nitrogen and oxygen atoms in total. The summed E-state index contributed by atoms with van der Waals surface area (Å²) in [7, 11) is 2.97. The topological polar surface area (TPSA) is 162 Å². The Hall–Kier alpha value is -4.65. The molecule has 1 aliphatic heterocycles. The van der Waals surface area contributed by atoms with Gasteiger partial charge < -0.3 is 38.5 Å². The zero-order valence-corrected chi connectivity index (χ0v) is 24.0. The predicted molar refractivity (Wildman–Crippen MR) is 144 cm³/mol. The lowest BCUT2D eigenvalue weighted by atomic mass is 9.90. The van der Waals surface area contributed by atoms with E-state index in [4.69, 9.17) is 33.2 Å². The first kappa shape index (κ1) is 31.9. The van der Waals surface area contributed by atoms with E-state index in [0.29, 0.717) is 22.6 Å². The number of amides is 1. The van der Waals surface area contributed by atoms with E-state index in [9.17, 15) is 24.0 Å². The molecule has 0 saturated carbocycles. The first-order valence-corrected chi connectivity index (χ1v) is 12.9. The van der Waals surface area contributed by atoms with Crippen molar-refractivity contribution in [3.63, 3.8) is 0 Å². The number of rotatable bonds is 10. The van der Waals surface area contributed by atoms with E-state index in [1.54, 1.807) is 42.5 Å². The average molecular weight is 588 g/mol. The lowest BCUT2D eigenvalue weighted by Gasteiger charge is -2.44. The van der Waals surface area contributed by atoms with Gasteiger partial charge in [-0.25, -0.2) is 0 Å². The summed E-state index contributed by atoms with van der Waals surface area (Å²) in [5.41, 5.74) is 0.841. The summed E-state index contributed by atoms with van der Waals surface area (Å²) in [5.74, 6) is -2.08. The fourth-order valence-electron chi connectivity index (χ4n) is 4.39. The molecule has 1 aliphatic rings. The van der Waals surface area contributed by atoms with Gasteiger partial charge in [0.05, 0.1) is 7.11 Å². The molecule has 1 N–H and O–H groups in total. The van der Waals surface area contributed by atoms with Gasteiger partial charge in [0.2, 0.25) is 0 Å². The summed E-state index contributed by atoms with van der Waals surface area (Å²) in [5, 5.41) is 2.54. The van der Waals surface area contributed by atoms with Gasteiger partial charge in [-0.3, -0.25) is 24.0 Å². The van der Waals surface area contributed by atoms with Crippen LogP contribution in [-0.4, -0.2) is 75.0 Å². The quantitative estimate of drug-likeness (QED) is 0.320. The van der Waals surface area contributed by atoms with Crippen LogP contribution in [0.5, 0.6) is 17.2 Å². The van der Waals surface area contributed by atoms with Crippen molar-refractivity contribution >= 4 is 29.8 Å². The molecule has 0 radical (unpaired) electrons. The van der Waals surface area contributed by atoms with Crippen LogP contribution in [0, 0.1) is 0 Å². The highest BCUT2D eigenvalue weighted by molar-refractivity contribution is 5.94. The predicted octanol–water partition coefficient (Wildman–Crippen LogP) is 2.65. The van der Waals surface area contributed by atoms with Crippen LogP contribution in [0.4, 0.5) is 0 Å². The van der Waals surface area contributed by atoms with Gasteiger partial charge >= 0.3 is 23.9 Å². The van der Waals surface area contributed by atoms with Crippen LogP contribution in [0.1, 0.15) is 49.7 Å². The third-order valence-corrected chi connectivity index (χ3v) is 6.08. The average Bonchev–Trinajstić information content (AvgIpc) is 2.93. The largest absolute Gasteiger partial charge is 0.493 e. The maximum Gasteiger partial charge on any atom is 0.303 e. The second kappa shape index (κ2) is 14.3. The Bertz CT molecular complexity index is 1310. The number of methoxy groups -OCH3 is 1. The summed E-state index contributed by atoms with van der Waals surface area (Å²) in [4.78, 5) is 59.8. The molecular weight excluding hydrogens is 554 g/mol. The SMILES string of the molecule is CNC(=O)c1ccc(Oc2cc([C@H]3O[C@H](COC(C)=O)[C@@H](OC(C)=O)[C@@H](OC(C)=O)[C@@H]3OC(C)=O)ccc2OC)cc1. The normalized spacial score (nSPS) is 21.3. The summed E-state index contributed by atoms with van der Waals surface area (Å²) in [6.07, 6.45) is -6.09. The van der Waals surface area contributed by atoms with Crippen molar-refractivity contribution in [1.82, 2.24) is 5.32 Å². The van der Waals surface area contributed by atoms with E-state index < -0.39 is 54.4 Å². The van der Waals surface area contributed by atoms with Gasteiger partial charge in [0.1, 0.15) is 24.6 Å². The van der Waals surface area contributed by atoms with E-state index in [0.717, 1.165) is 13.8 Å². The van der Waals surface area contributed by atoms with Gasteiger partial charge in [0.15, 0.2) is 29.8 Å². The van der Waals surface area contributed by atoms with Gasteiger partial charge in [0, 0.05) is 40.3 Å². The van der Waals surface area contributed by atoms with Crippen LogP contribution in [0.15, 0.2) is 42.5 Å². The maximum atomic E-state index is 12.2. The molecule has 0 unspecified atom stereocenters. The molecule has 13 heteroatoms. The second-order valence-electron chi connectivity index (χ2n) is 9.24. The Labute approximate surface area is 242 Å². The Morgan fingerprint density at radius 2 is 1.36 bits per heavy atom. The second-order valence-corrected chi connectivity index (χ2v) is 9.24. The van der Waals surface area contributed by atoms with E-state index in [-0.39, 0.29) is 18.3 Å². The highest BCUT2D eigenvalue weighted by atomic mass is 16.7. The van der Waals surface area contributed by atoms with Crippen molar-refractivity contribution in [3.8, 4) is 17.2 Å². The van der Waals surface area contributed by atoms with E-state index in [2.05, 4.69) is 5.32 Å². The van der Waals surface area contributed by atoms with Gasteiger partial charge in [-0.2, -0.15) is 0 Å². The number of ether oxygens (including phenoxy) is 7. The summed E-state index contributed by atoms with van der Waals surface area (Å²) < 4.78 is 39.4. The number of esters is 4. The summed E-state index contributed by atoms with van der Waals surface area (Å²) in [6, 6.07) is 11.2. The third kappa shape index (κ3) is 8.19. The Morgan fingerprint density at radius 3 is 1.90 bits per heavy atom. The van der Waals surface area contributed by atoms with Crippen LogP contribution in [-0.2, 0) is 42.9 Å².